The maximum atomic E-state index is 13.2. The van der Waals surface area contributed by atoms with E-state index in [1.807, 2.05) is 20.8 Å². The van der Waals surface area contributed by atoms with Crippen LogP contribution < -0.4 is 4.74 Å². The second-order valence-corrected chi connectivity index (χ2v) is 11.2. The number of benzene rings is 1. The molecule has 0 aliphatic carbocycles. The van der Waals surface area contributed by atoms with Crippen molar-refractivity contribution in [1.82, 2.24) is 4.90 Å². The smallest absolute Gasteiger partial charge is 0.326 e. The number of hydrogen-bond donors (Lipinski definition) is 3. The highest BCUT2D eigenvalue weighted by Gasteiger charge is 2.45. The predicted octanol–water partition coefficient (Wildman–Crippen LogP) is 5.37. The third kappa shape index (κ3) is 5.94. The van der Waals surface area contributed by atoms with Crippen molar-refractivity contribution in [3.05, 3.63) is 46.1 Å². The van der Waals surface area contributed by atoms with Gasteiger partial charge in [0.25, 0.3) is 5.91 Å². The van der Waals surface area contributed by atoms with E-state index in [2.05, 4.69) is 32.9 Å². The largest absolute Gasteiger partial charge is 0.508 e. The molecule has 0 radical (unpaired) electrons. The average Bonchev–Trinajstić information content (AvgIpc) is 3.09. The number of carboxylic acids is 1. The average molecular weight is 500 g/mol. The molecule has 0 spiro atoms. The number of fused-ring (bicyclic) bond motifs is 3. The number of carboxylic acid groups (broad SMARTS) is 1. The lowest BCUT2D eigenvalue weighted by Gasteiger charge is -2.41. The molecule has 0 aromatic heterocycles. The molecule has 3 rings (SSSR count). The zero-order valence-corrected chi connectivity index (χ0v) is 22.4. The summed E-state index contributed by atoms with van der Waals surface area (Å²) < 4.78 is 6.39. The van der Waals surface area contributed by atoms with E-state index in [0.29, 0.717) is 29.7 Å². The number of aliphatic hydroxyl groups is 1. The van der Waals surface area contributed by atoms with Crippen molar-refractivity contribution in [2.24, 2.45) is 5.92 Å². The molecule has 2 aliphatic rings. The van der Waals surface area contributed by atoms with Crippen molar-refractivity contribution in [1.29, 1.82) is 0 Å². The maximum absolute atomic E-state index is 13.2. The minimum atomic E-state index is -1.05. The van der Waals surface area contributed by atoms with Gasteiger partial charge in [0.2, 0.25) is 0 Å². The number of aromatic hydroxyl groups is 1. The van der Waals surface area contributed by atoms with Crippen LogP contribution in [-0.2, 0) is 17.8 Å². The topological polar surface area (TPSA) is 107 Å². The van der Waals surface area contributed by atoms with Crippen LogP contribution in [0.3, 0.4) is 0 Å². The number of hydrogen-bond acceptors (Lipinski definition) is 5. The van der Waals surface area contributed by atoms with Gasteiger partial charge in [-0.05, 0) is 71.8 Å². The fraction of sp³-hybridized carbons (Fsp3) is 0.586. The summed E-state index contributed by atoms with van der Waals surface area (Å²) in [5.41, 5.74) is 3.03. The van der Waals surface area contributed by atoms with Crippen LogP contribution >= 0.6 is 0 Å². The van der Waals surface area contributed by atoms with Crippen molar-refractivity contribution in [3.63, 3.8) is 0 Å². The highest BCUT2D eigenvalue weighted by molar-refractivity contribution is 6.02. The Morgan fingerprint density at radius 1 is 1.22 bits per heavy atom. The summed E-state index contributed by atoms with van der Waals surface area (Å²) in [6.07, 6.45) is 7.39. The Bertz CT molecular complexity index is 1070. The minimum absolute atomic E-state index is 0.0955. The van der Waals surface area contributed by atoms with E-state index in [1.54, 1.807) is 0 Å². The summed E-state index contributed by atoms with van der Waals surface area (Å²) in [5, 5.41) is 31.4. The SMILES string of the molecule is CC(C)=CCC/C(C)=C/CC[C@@]1(C)Oc2c(c(O)cc3c2CN([C@H](CC(C)C)C(=O)O)C3=O)C[C@@H]1O. The molecular weight excluding hydrogens is 458 g/mol. The van der Waals surface area contributed by atoms with E-state index < -0.39 is 29.6 Å². The van der Waals surface area contributed by atoms with Gasteiger partial charge in [0.05, 0.1) is 18.2 Å². The van der Waals surface area contributed by atoms with E-state index in [4.69, 9.17) is 4.74 Å². The molecule has 1 aromatic rings. The number of amides is 1. The normalized spacial score (nSPS) is 22.2. The Morgan fingerprint density at radius 2 is 1.92 bits per heavy atom. The van der Waals surface area contributed by atoms with Gasteiger partial charge < -0.3 is 25.0 Å². The minimum Gasteiger partial charge on any atom is -0.508 e. The van der Waals surface area contributed by atoms with Crippen molar-refractivity contribution in [3.8, 4) is 11.5 Å². The molecule has 3 N–H and O–H groups in total. The highest BCUT2D eigenvalue weighted by atomic mass is 16.5. The molecule has 7 heteroatoms. The van der Waals surface area contributed by atoms with Gasteiger partial charge in [0.1, 0.15) is 23.1 Å². The standard InChI is InChI=1S/C29H41NO6/c1-17(2)9-7-10-19(5)11-8-12-29(6)25(32)15-21-24(31)14-20-22(26(21)36-29)16-30(27(20)33)23(28(34)35)13-18(3)4/h9,11,14,18,23,25,31-32H,7-8,10,12-13,15-16H2,1-6H3,(H,34,35)/b19-11+/t23-,25+,29-/m1/s1. The number of phenolic OH excluding ortho intramolecular Hbond substituents is 1. The molecule has 36 heavy (non-hydrogen) atoms. The van der Waals surface area contributed by atoms with Crippen LogP contribution in [0, 0.1) is 5.92 Å². The zero-order valence-electron chi connectivity index (χ0n) is 22.4. The van der Waals surface area contributed by atoms with Gasteiger partial charge in [-0.2, -0.15) is 0 Å². The first kappa shape index (κ1) is 27.8. The van der Waals surface area contributed by atoms with Gasteiger partial charge in [-0.1, -0.05) is 37.1 Å². The highest BCUT2D eigenvalue weighted by Crippen LogP contribution is 2.46. The van der Waals surface area contributed by atoms with Crippen LogP contribution in [0.15, 0.2) is 29.4 Å². The van der Waals surface area contributed by atoms with E-state index in [0.717, 1.165) is 19.3 Å². The third-order valence-corrected chi connectivity index (χ3v) is 7.30. The number of nitrogens with zero attached hydrogens (tertiary/aromatic N) is 1. The fourth-order valence-electron chi connectivity index (χ4n) is 5.08. The van der Waals surface area contributed by atoms with E-state index >= 15 is 0 Å². The summed E-state index contributed by atoms with van der Waals surface area (Å²) in [6, 6.07) is 0.435. The van der Waals surface area contributed by atoms with Crippen LogP contribution in [0.1, 0.15) is 95.1 Å². The van der Waals surface area contributed by atoms with Crippen molar-refractivity contribution >= 4 is 11.9 Å². The molecule has 0 unspecified atom stereocenters. The number of phenols is 1. The van der Waals surface area contributed by atoms with Gasteiger partial charge in [-0.15, -0.1) is 0 Å². The van der Waals surface area contributed by atoms with Gasteiger partial charge in [-0.3, -0.25) is 4.79 Å². The molecule has 0 fully saturated rings. The number of rotatable bonds is 10. The van der Waals surface area contributed by atoms with Gasteiger partial charge in [-0.25, -0.2) is 4.79 Å². The number of carbonyl (C=O) groups excluding carboxylic acids is 1. The zero-order chi connectivity index (χ0) is 26.8. The Hall–Kier alpha value is -2.80. The van der Waals surface area contributed by atoms with Crippen LogP contribution in [0.2, 0.25) is 0 Å². The molecular formula is C29H41NO6. The molecule has 1 amide bonds. The Labute approximate surface area is 214 Å². The lowest BCUT2D eigenvalue weighted by molar-refractivity contribution is -0.143. The number of carbonyl (C=O) groups is 2. The van der Waals surface area contributed by atoms with Gasteiger partial charge in [0, 0.05) is 17.5 Å². The molecule has 2 aliphatic heterocycles. The molecule has 1 aromatic carbocycles. The first-order valence-corrected chi connectivity index (χ1v) is 12.9. The Kier molecular flexibility index (Phi) is 8.55. The maximum Gasteiger partial charge on any atom is 0.326 e. The molecule has 0 saturated heterocycles. The molecule has 0 bridgehead atoms. The summed E-state index contributed by atoms with van der Waals surface area (Å²) in [5.74, 6) is -1.06. The first-order chi connectivity index (χ1) is 16.8. The second-order valence-electron chi connectivity index (χ2n) is 11.2. The van der Waals surface area contributed by atoms with Crippen LogP contribution in [0.5, 0.6) is 11.5 Å². The predicted molar refractivity (Wildman–Crippen MR) is 139 cm³/mol. The van der Waals surface area contributed by atoms with Crippen molar-refractivity contribution in [2.45, 2.75) is 104 Å². The van der Waals surface area contributed by atoms with Crippen LogP contribution in [0.25, 0.3) is 0 Å². The number of ether oxygens (including phenoxy) is 1. The van der Waals surface area contributed by atoms with Gasteiger partial charge in [0.15, 0.2) is 0 Å². The van der Waals surface area contributed by atoms with E-state index in [1.165, 1.54) is 22.1 Å². The van der Waals surface area contributed by atoms with E-state index in [-0.39, 0.29) is 30.2 Å². The fourth-order valence-corrected chi connectivity index (χ4v) is 5.08. The molecule has 2 heterocycles. The first-order valence-electron chi connectivity index (χ1n) is 12.9. The quantitative estimate of drug-likeness (QED) is 0.373. The summed E-state index contributed by atoms with van der Waals surface area (Å²) in [7, 11) is 0. The third-order valence-electron chi connectivity index (χ3n) is 7.30. The summed E-state index contributed by atoms with van der Waals surface area (Å²) in [4.78, 5) is 26.5. The van der Waals surface area contributed by atoms with Gasteiger partial charge >= 0.3 is 5.97 Å². The molecule has 7 nitrogen and oxygen atoms in total. The lowest BCUT2D eigenvalue weighted by Crippen LogP contribution is -2.49. The Morgan fingerprint density at radius 3 is 2.53 bits per heavy atom. The van der Waals surface area contributed by atoms with E-state index in [9.17, 15) is 24.9 Å². The lowest BCUT2D eigenvalue weighted by atomic mass is 9.84. The summed E-state index contributed by atoms with van der Waals surface area (Å²) in [6.45, 7) is 12.1. The monoisotopic (exact) mass is 499 g/mol. The molecule has 0 saturated carbocycles. The summed E-state index contributed by atoms with van der Waals surface area (Å²) >= 11 is 0. The number of aliphatic carboxylic acids is 1. The van der Waals surface area contributed by atoms with Crippen molar-refractivity contribution < 1.29 is 29.6 Å². The second kappa shape index (κ2) is 11.1. The number of aliphatic hydroxyl groups excluding tert-OH is 1. The number of allylic oxidation sites excluding steroid dienone is 4. The van der Waals surface area contributed by atoms with Crippen LogP contribution in [-0.4, -0.2) is 49.8 Å². The molecule has 198 valence electrons. The van der Waals surface area contributed by atoms with Crippen LogP contribution in [0.4, 0.5) is 0 Å². The van der Waals surface area contributed by atoms with Crippen molar-refractivity contribution in [2.75, 3.05) is 0 Å². The Balaban J connectivity index is 1.83. The molecule has 3 atom stereocenters.